The number of carbonyl (C=O) groups excluding carboxylic acids is 1. The molecule has 2 aromatic carbocycles. The number of halogens is 2. The highest BCUT2D eigenvalue weighted by atomic mass is 35.5. The minimum Gasteiger partial charge on any atom is -0.485 e. The van der Waals surface area contributed by atoms with Crippen LogP contribution in [-0.4, -0.2) is 45.0 Å². The van der Waals surface area contributed by atoms with Gasteiger partial charge in [-0.15, -0.1) is 24.8 Å². The van der Waals surface area contributed by atoms with Crippen molar-refractivity contribution in [2.24, 2.45) is 5.73 Å². The summed E-state index contributed by atoms with van der Waals surface area (Å²) in [6.45, 7) is 7.65. The molecule has 1 amide bonds. The van der Waals surface area contributed by atoms with Crippen molar-refractivity contribution in [1.82, 2.24) is 19.4 Å². The van der Waals surface area contributed by atoms with Crippen LogP contribution in [-0.2, 0) is 13.0 Å². The maximum Gasteiger partial charge on any atom is 0.269 e. The summed E-state index contributed by atoms with van der Waals surface area (Å²) >= 11 is 0. The van der Waals surface area contributed by atoms with Gasteiger partial charge < -0.3 is 15.4 Å². The Kier molecular flexibility index (Phi) is 8.31. The SMILES string of the molecule is Cc1ccc2c(C3CCN(CCc4c(C)ccc5c4OCc4c(C(N)=O)ncn4-5)CC3)cccc2n1.Cl.Cl. The first-order chi connectivity index (χ1) is 17.5. The van der Waals surface area contributed by atoms with Crippen molar-refractivity contribution >= 4 is 41.6 Å². The molecule has 0 radical (unpaired) electrons. The minimum atomic E-state index is -0.526. The first-order valence-electron chi connectivity index (χ1n) is 12.7. The van der Waals surface area contributed by atoms with E-state index in [1.807, 2.05) is 17.6 Å². The van der Waals surface area contributed by atoms with Crippen molar-refractivity contribution < 1.29 is 9.53 Å². The van der Waals surface area contributed by atoms with Gasteiger partial charge in [-0.2, -0.15) is 0 Å². The van der Waals surface area contributed by atoms with Crippen molar-refractivity contribution in [2.45, 2.75) is 45.6 Å². The summed E-state index contributed by atoms with van der Waals surface area (Å²) in [5, 5.41) is 1.30. The minimum absolute atomic E-state index is 0. The van der Waals surface area contributed by atoms with E-state index < -0.39 is 5.91 Å². The van der Waals surface area contributed by atoms with Crippen LogP contribution in [0.25, 0.3) is 16.6 Å². The van der Waals surface area contributed by atoms with Crippen molar-refractivity contribution in [3.8, 4) is 11.4 Å². The number of benzene rings is 2. The second kappa shape index (κ2) is 11.3. The zero-order valence-electron chi connectivity index (χ0n) is 21.6. The molecule has 1 saturated heterocycles. The average molecular weight is 555 g/mol. The highest BCUT2D eigenvalue weighted by Gasteiger charge is 2.27. The molecule has 0 aliphatic carbocycles. The number of imidazole rings is 1. The Morgan fingerprint density at radius 3 is 2.63 bits per heavy atom. The lowest BCUT2D eigenvalue weighted by molar-refractivity contribution is 0.0993. The molecule has 4 aromatic rings. The monoisotopic (exact) mass is 553 g/mol. The van der Waals surface area contributed by atoms with E-state index in [1.165, 1.54) is 22.1 Å². The number of fused-ring (bicyclic) bond motifs is 4. The van der Waals surface area contributed by atoms with Crippen LogP contribution in [0.3, 0.4) is 0 Å². The number of hydrogen-bond acceptors (Lipinski definition) is 5. The van der Waals surface area contributed by atoms with E-state index in [4.69, 9.17) is 15.5 Å². The molecule has 0 atom stereocenters. The van der Waals surface area contributed by atoms with Gasteiger partial charge in [-0.1, -0.05) is 24.3 Å². The quantitative estimate of drug-likeness (QED) is 0.362. The number of amides is 1. The average Bonchev–Trinajstić information content (AvgIpc) is 3.33. The Hall–Kier alpha value is -3.13. The molecule has 38 heavy (non-hydrogen) atoms. The number of rotatable bonds is 5. The van der Waals surface area contributed by atoms with Crippen LogP contribution in [0.5, 0.6) is 5.75 Å². The molecule has 9 heteroatoms. The molecule has 0 saturated carbocycles. The predicted molar refractivity (Wildman–Crippen MR) is 154 cm³/mol. The van der Waals surface area contributed by atoms with Gasteiger partial charge in [0.15, 0.2) is 5.69 Å². The summed E-state index contributed by atoms with van der Waals surface area (Å²) in [4.78, 5) is 23.2. The highest BCUT2D eigenvalue weighted by Crippen LogP contribution is 2.37. The van der Waals surface area contributed by atoms with E-state index in [0.717, 1.165) is 61.5 Å². The summed E-state index contributed by atoms with van der Waals surface area (Å²) in [6.07, 6.45) is 4.90. The van der Waals surface area contributed by atoms with Gasteiger partial charge in [0.25, 0.3) is 5.91 Å². The molecule has 2 N–H and O–H groups in total. The van der Waals surface area contributed by atoms with Gasteiger partial charge in [-0.05, 0) is 81.4 Å². The van der Waals surface area contributed by atoms with Crippen LogP contribution >= 0.6 is 24.8 Å². The van der Waals surface area contributed by atoms with Gasteiger partial charge in [-0.3, -0.25) is 14.3 Å². The molecular weight excluding hydrogens is 521 g/mol. The van der Waals surface area contributed by atoms with Crippen LogP contribution in [0.2, 0.25) is 0 Å². The first kappa shape index (κ1) is 27.9. The Labute approximate surface area is 235 Å². The summed E-state index contributed by atoms with van der Waals surface area (Å²) in [6, 6.07) is 15.1. The molecule has 200 valence electrons. The molecule has 0 unspecified atom stereocenters. The van der Waals surface area contributed by atoms with E-state index in [2.05, 4.69) is 53.2 Å². The Morgan fingerprint density at radius 2 is 1.87 bits per heavy atom. The first-order valence-corrected chi connectivity index (χ1v) is 12.7. The zero-order valence-corrected chi connectivity index (χ0v) is 23.3. The lowest BCUT2D eigenvalue weighted by Crippen LogP contribution is -2.34. The third-order valence-corrected chi connectivity index (χ3v) is 7.80. The Bertz CT molecular complexity index is 1480. The number of nitrogens with two attached hydrogens (primary N) is 1. The molecule has 2 aliphatic heterocycles. The number of likely N-dealkylation sites (tertiary alicyclic amines) is 1. The Morgan fingerprint density at radius 1 is 1.08 bits per heavy atom. The van der Waals surface area contributed by atoms with Crippen LogP contribution < -0.4 is 10.5 Å². The number of piperidine rings is 1. The summed E-state index contributed by atoms with van der Waals surface area (Å²) < 4.78 is 8.12. The smallest absolute Gasteiger partial charge is 0.269 e. The fourth-order valence-corrected chi connectivity index (χ4v) is 5.82. The standard InChI is InChI=1S/C29H31N5O2.2ClH/c1-18-6-9-25-28(36-16-26-27(29(30)35)31-17-34(25)26)21(18)12-15-33-13-10-20(11-14-33)22-4-3-5-24-23(22)8-7-19(2)32-24;;/h3-9,17,20H,10-16H2,1-2H3,(H2,30,35);2*1H. The van der Waals surface area contributed by atoms with Gasteiger partial charge in [0.2, 0.25) is 0 Å². The molecule has 2 aromatic heterocycles. The van der Waals surface area contributed by atoms with E-state index in [0.29, 0.717) is 18.2 Å². The number of primary amides is 1. The number of aromatic nitrogens is 3. The molecular formula is C29H33Cl2N5O2. The predicted octanol–water partition coefficient (Wildman–Crippen LogP) is 5.29. The molecule has 1 fully saturated rings. The number of ether oxygens (including phenoxy) is 1. The summed E-state index contributed by atoms with van der Waals surface area (Å²) in [7, 11) is 0. The summed E-state index contributed by atoms with van der Waals surface area (Å²) in [5.74, 6) is 0.939. The molecule has 7 nitrogen and oxygen atoms in total. The van der Waals surface area contributed by atoms with Crippen molar-refractivity contribution in [3.05, 3.63) is 82.6 Å². The number of hydrogen-bond donors (Lipinski definition) is 1. The normalized spacial score (nSPS) is 15.1. The molecule has 0 spiro atoms. The van der Waals surface area contributed by atoms with E-state index in [1.54, 1.807) is 6.33 Å². The molecule has 6 rings (SSSR count). The van der Waals surface area contributed by atoms with Gasteiger partial charge >= 0.3 is 0 Å². The van der Waals surface area contributed by atoms with E-state index >= 15 is 0 Å². The topological polar surface area (TPSA) is 86.3 Å². The highest BCUT2D eigenvalue weighted by molar-refractivity contribution is 5.92. The third kappa shape index (κ3) is 4.98. The largest absolute Gasteiger partial charge is 0.485 e. The van der Waals surface area contributed by atoms with Crippen molar-refractivity contribution in [3.63, 3.8) is 0 Å². The molecule has 4 heterocycles. The van der Waals surface area contributed by atoms with Crippen LogP contribution in [0.15, 0.2) is 48.8 Å². The Balaban J connectivity index is 0.00000168. The maximum absolute atomic E-state index is 11.7. The third-order valence-electron chi connectivity index (χ3n) is 7.80. The van der Waals surface area contributed by atoms with Crippen molar-refractivity contribution in [1.29, 1.82) is 0 Å². The number of carbonyl (C=O) groups is 1. The van der Waals surface area contributed by atoms with Crippen LogP contribution in [0, 0.1) is 13.8 Å². The van der Waals surface area contributed by atoms with E-state index in [9.17, 15) is 4.79 Å². The van der Waals surface area contributed by atoms with Crippen molar-refractivity contribution in [2.75, 3.05) is 19.6 Å². The second-order valence-electron chi connectivity index (χ2n) is 10.0. The second-order valence-corrected chi connectivity index (χ2v) is 10.0. The van der Waals surface area contributed by atoms with Gasteiger partial charge in [0.05, 0.1) is 16.9 Å². The van der Waals surface area contributed by atoms with Crippen LogP contribution in [0.4, 0.5) is 0 Å². The lowest BCUT2D eigenvalue weighted by Gasteiger charge is -2.33. The number of aryl methyl sites for hydroxylation is 2. The van der Waals surface area contributed by atoms with Crippen LogP contribution in [0.1, 0.15) is 57.3 Å². The molecule has 2 aliphatic rings. The summed E-state index contributed by atoms with van der Waals surface area (Å²) in [5.41, 5.74) is 13.5. The van der Waals surface area contributed by atoms with Gasteiger partial charge in [0, 0.05) is 23.2 Å². The number of nitrogens with zero attached hydrogens (tertiary/aromatic N) is 4. The van der Waals surface area contributed by atoms with Gasteiger partial charge in [-0.25, -0.2) is 4.98 Å². The fraction of sp³-hybridized carbons (Fsp3) is 0.345. The van der Waals surface area contributed by atoms with Gasteiger partial charge in [0.1, 0.15) is 18.7 Å². The fourth-order valence-electron chi connectivity index (χ4n) is 5.82. The lowest BCUT2D eigenvalue weighted by atomic mass is 9.87. The molecule has 0 bridgehead atoms. The maximum atomic E-state index is 11.7. The zero-order chi connectivity index (χ0) is 24.8. The number of pyridine rings is 1. The van der Waals surface area contributed by atoms with E-state index in [-0.39, 0.29) is 30.5 Å².